The number of rotatable bonds is 4. The Labute approximate surface area is 120 Å². The van der Waals surface area contributed by atoms with E-state index >= 15 is 0 Å². The van der Waals surface area contributed by atoms with Gasteiger partial charge in [-0.3, -0.25) is 5.32 Å². The van der Waals surface area contributed by atoms with Crippen LogP contribution >= 0.6 is 15.9 Å². The van der Waals surface area contributed by atoms with E-state index in [2.05, 4.69) is 27.3 Å². The topological polar surface area (TPSA) is 35.8 Å². The lowest BCUT2D eigenvalue weighted by atomic mass is 10.1. The van der Waals surface area contributed by atoms with Crippen LogP contribution in [0.2, 0.25) is 0 Å². The zero-order chi connectivity index (χ0) is 13.7. The summed E-state index contributed by atoms with van der Waals surface area (Å²) in [6.07, 6.45) is 0. The van der Waals surface area contributed by atoms with Gasteiger partial charge in [0.25, 0.3) is 0 Å². The van der Waals surface area contributed by atoms with Gasteiger partial charge in [0.2, 0.25) is 0 Å². The molecular weight excluding hydrogens is 307 g/mol. The van der Waals surface area contributed by atoms with Crippen LogP contribution in [0.15, 0.2) is 53.0 Å². The van der Waals surface area contributed by atoms with Gasteiger partial charge in [0.1, 0.15) is 11.9 Å². The summed E-state index contributed by atoms with van der Waals surface area (Å²) in [4.78, 5) is 0. The van der Waals surface area contributed by atoms with Crippen LogP contribution in [0.25, 0.3) is 0 Å². The SMILES string of the molecule is N#CC(NCc1ccccc1)c1ccc(F)c(Br)c1. The summed E-state index contributed by atoms with van der Waals surface area (Å²) in [5.41, 5.74) is 1.84. The molecule has 0 aliphatic carbocycles. The first-order valence-electron chi connectivity index (χ1n) is 5.82. The number of halogens is 2. The van der Waals surface area contributed by atoms with Crippen LogP contribution in [0.5, 0.6) is 0 Å². The molecule has 0 heterocycles. The van der Waals surface area contributed by atoms with E-state index in [0.29, 0.717) is 11.0 Å². The van der Waals surface area contributed by atoms with Crippen LogP contribution in [0.4, 0.5) is 4.39 Å². The second kappa shape index (κ2) is 6.46. The van der Waals surface area contributed by atoms with Crippen LogP contribution in [0, 0.1) is 17.1 Å². The predicted molar refractivity (Wildman–Crippen MR) is 75.7 cm³/mol. The van der Waals surface area contributed by atoms with Crippen molar-refractivity contribution in [1.29, 1.82) is 5.26 Å². The van der Waals surface area contributed by atoms with Gasteiger partial charge in [-0.05, 0) is 39.2 Å². The predicted octanol–water partition coefficient (Wildman–Crippen LogP) is 3.94. The molecule has 2 aromatic rings. The van der Waals surface area contributed by atoms with Gasteiger partial charge in [0.15, 0.2) is 0 Å². The maximum absolute atomic E-state index is 13.2. The van der Waals surface area contributed by atoms with Crippen molar-refractivity contribution in [2.75, 3.05) is 0 Å². The molecule has 0 bridgehead atoms. The molecule has 2 rings (SSSR count). The van der Waals surface area contributed by atoms with Crippen LogP contribution in [-0.4, -0.2) is 0 Å². The van der Waals surface area contributed by atoms with Crippen molar-refractivity contribution >= 4 is 15.9 Å². The molecule has 2 aromatic carbocycles. The summed E-state index contributed by atoms with van der Waals surface area (Å²) in [7, 11) is 0. The van der Waals surface area contributed by atoms with E-state index < -0.39 is 6.04 Å². The zero-order valence-electron chi connectivity index (χ0n) is 10.1. The lowest BCUT2D eigenvalue weighted by molar-refractivity contribution is 0.609. The Bertz CT molecular complexity index is 593. The number of nitriles is 1. The Kier molecular flexibility index (Phi) is 4.67. The number of hydrogen-bond acceptors (Lipinski definition) is 2. The first-order valence-corrected chi connectivity index (χ1v) is 6.62. The van der Waals surface area contributed by atoms with Gasteiger partial charge in [-0.15, -0.1) is 0 Å². The number of nitrogens with one attached hydrogen (secondary N) is 1. The fourth-order valence-corrected chi connectivity index (χ4v) is 2.14. The Hall–Kier alpha value is -1.70. The van der Waals surface area contributed by atoms with E-state index in [9.17, 15) is 9.65 Å². The lowest BCUT2D eigenvalue weighted by Crippen LogP contribution is -2.19. The molecule has 0 saturated carbocycles. The zero-order valence-corrected chi connectivity index (χ0v) is 11.7. The molecular formula is C15H12BrFN2. The molecule has 0 aliphatic heterocycles. The van der Waals surface area contributed by atoms with Crippen LogP contribution in [0.3, 0.4) is 0 Å². The van der Waals surface area contributed by atoms with Crippen LogP contribution < -0.4 is 5.32 Å². The minimum Gasteiger partial charge on any atom is -0.294 e. The summed E-state index contributed by atoms with van der Waals surface area (Å²) in [5.74, 6) is -0.330. The van der Waals surface area contributed by atoms with E-state index in [1.807, 2.05) is 30.3 Å². The Morgan fingerprint density at radius 3 is 2.58 bits per heavy atom. The molecule has 0 aliphatic rings. The van der Waals surface area contributed by atoms with Gasteiger partial charge in [0, 0.05) is 6.54 Å². The van der Waals surface area contributed by atoms with Crippen molar-refractivity contribution < 1.29 is 4.39 Å². The van der Waals surface area contributed by atoms with Crippen molar-refractivity contribution in [3.8, 4) is 6.07 Å². The van der Waals surface area contributed by atoms with Gasteiger partial charge in [-0.2, -0.15) is 5.26 Å². The molecule has 96 valence electrons. The molecule has 0 fully saturated rings. The highest BCUT2D eigenvalue weighted by Gasteiger charge is 2.11. The minimum atomic E-state index is -0.461. The normalized spacial score (nSPS) is 11.8. The summed E-state index contributed by atoms with van der Waals surface area (Å²) in [5, 5.41) is 12.3. The van der Waals surface area contributed by atoms with Crippen molar-refractivity contribution in [3.05, 3.63) is 69.9 Å². The van der Waals surface area contributed by atoms with Crippen molar-refractivity contribution in [3.63, 3.8) is 0 Å². The number of hydrogen-bond donors (Lipinski definition) is 1. The molecule has 0 radical (unpaired) electrons. The molecule has 1 N–H and O–H groups in total. The van der Waals surface area contributed by atoms with Gasteiger partial charge in [-0.1, -0.05) is 36.4 Å². The fraction of sp³-hybridized carbons (Fsp3) is 0.133. The van der Waals surface area contributed by atoms with E-state index in [1.165, 1.54) is 6.07 Å². The molecule has 2 nitrogen and oxygen atoms in total. The average Bonchev–Trinajstić information content (AvgIpc) is 2.44. The van der Waals surface area contributed by atoms with Crippen LogP contribution in [-0.2, 0) is 6.54 Å². The van der Waals surface area contributed by atoms with E-state index in [-0.39, 0.29) is 5.82 Å². The highest BCUT2D eigenvalue weighted by atomic mass is 79.9. The maximum Gasteiger partial charge on any atom is 0.137 e. The maximum atomic E-state index is 13.2. The molecule has 1 atom stereocenters. The highest BCUT2D eigenvalue weighted by molar-refractivity contribution is 9.10. The van der Waals surface area contributed by atoms with E-state index in [4.69, 9.17) is 0 Å². The fourth-order valence-electron chi connectivity index (χ4n) is 1.75. The van der Waals surface area contributed by atoms with Crippen molar-refractivity contribution in [2.24, 2.45) is 0 Å². The first-order chi connectivity index (χ1) is 9.20. The first kappa shape index (κ1) is 13.7. The second-order valence-corrected chi connectivity index (χ2v) is 4.96. The van der Waals surface area contributed by atoms with Crippen molar-refractivity contribution in [2.45, 2.75) is 12.6 Å². The summed E-state index contributed by atoms with van der Waals surface area (Å²) in [6, 6.07) is 16.1. The Morgan fingerprint density at radius 2 is 1.95 bits per heavy atom. The molecule has 4 heteroatoms. The van der Waals surface area contributed by atoms with Crippen LogP contribution in [0.1, 0.15) is 17.2 Å². The summed E-state index contributed by atoms with van der Waals surface area (Å²) in [6.45, 7) is 0.591. The molecule has 0 amide bonds. The smallest absolute Gasteiger partial charge is 0.137 e. The van der Waals surface area contributed by atoms with E-state index in [0.717, 1.165) is 11.1 Å². The summed E-state index contributed by atoms with van der Waals surface area (Å²) < 4.78 is 13.5. The number of benzene rings is 2. The Balaban J connectivity index is 2.08. The molecule has 0 aromatic heterocycles. The largest absolute Gasteiger partial charge is 0.294 e. The third-order valence-corrected chi connectivity index (χ3v) is 3.37. The van der Waals surface area contributed by atoms with Crippen molar-refractivity contribution in [1.82, 2.24) is 5.32 Å². The van der Waals surface area contributed by atoms with Gasteiger partial charge < -0.3 is 0 Å². The minimum absolute atomic E-state index is 0.330. The molecule has 0 saturated heterocycles. The third-order valence-electron chi connectivity index (χ3n) is 2.76. The lowest BCUT2D eigenvalue weighted by Gasteiger charge is -2.12. The van der Waals surface area contributed by atoms with E-state index in [1.54, 1.807) is 12.1 Å². The second-order valence-electron chi connectivity index (χ2n) is 4.10. The molecule has 1 unspecified atom stereocenters. The highest BCUT2D eigenvalue weighted by Crippen LogP contribution is 2.21. The molecule has 0 spiro atoms. The summed E-state index contributed by atoms with van der Waals surface area (Å²) >= 11 is 3.13. The number of nitrogens with zero attached hydrogens (tertiary/aromatic N) is 1. The average molecular weight is 319 g/mol. The third kappa shape index (κ3) is 3.63. The van der Waals surface area contributed by atoms with Gasteiger partial charge in [-0.25, -0.2) is 4.39 Å². The monoisotopic (exact) mass is 318 g/mol. The standard InChI is InChI=1S/C15H12BrFN2/c16-13-8-12(6-7-14(13)17)15(9-18)19-10-11-4-2-1-3-5-11/h1-8,15,19H,10H2. The Morgan fingerprint density at radius 1 is 1.21 bits per heavy atom. The van der Waals surface area contributed by atoms with Gasteiger partial charge >= 0.3 is 0 Å². The van der Waals surface area contributed by atoms with Gasteiger partial charge in [0.05, 0.1) is 10.5 Å². The quantitative estimate of drug-likeness (QED) is 0.926. The molecule has 19 heavy (non-hydrogen) atoms.